The van der Waals surface area contributed by atoms with Crippen LogP contribution in [0.1, 0.15) is 19.3 Å². The first-order valence-electron chi connectivity index (χ1n) is 5.00. The van der Waals surface area contributed by atoms with Gasteiger partial charge in [-0.3, -0.25) is 4.79 Å². The molecule has 1 N–H and O–H groups in total. The van der Waals surface area contributed by atoms with Crippen molar-refractivity contribution in [2.24, 2.45) is 0 Å². The summed E-state index contributed by atoms with van der Waals surface area (Å²) in [6, 6.07) is 5.63. The Hall–Kier alpha value is -0.670. The Bertz CT molecular complexity index is 442. The molecule has 1 aromatic carbocycles. The van der Waals surface area contributed by atoms with Crippen LogP contribution in [0.25, 0.3) is 0 Å². The standard InChI is InChI=1S/C11H10ClNOS/c12-7-3-1-4-8-9(7)15-11(5-2-6-11)10(14)13-8/h1,3-4H,2,5-6H2,(H,13,14). The van der Waals surface area contributed by atoms with Crippen LogP contribution in [0.15, 0.2) is 23.1 Å². The lowest BCUT2D eigenvalue weighted by Crippen LogP contribution is -2.47. The molecule has 78 valence electrons. The normalized spacial score (nSPS) is 21.8. The second kappa shape index (κ2) is 3.16. The second-order valence-electron chi connectivity index (χ2n) is 4.02. The minimum Gasteiger partial charge on any atom is -0.324 e. The molecule has 1 aliphatic heterocycles. The zero-order chi connectivity index (χ0) is 10.5. The molecule has 1 amide bonds. The Morgan fingerprint density at radius 2 is 2.20 bits per heavy atom. The van der Waals surface area contributed by atoms with Crippen LogP contribution in [0.5, 0.6) is 0 Å². The third-order valence-electron chi connectivity index (χ3n) is 3.09. The van der Waals surface area contributed by atoms with Gasteiger partial charge in [-0.25, -0.2) is 0 Å². The molecule has 0 radical (unpaired) electrons. The van der Waals surface area contributed by atoms with Crippen LogP contribution in [-0.2, 0) is 4.79 Å². The van der Waals surface area contributed by atoms with Gasteiger partial charge in [0.15, 0.2) is 0 Å². The quantitative estimate of drug-likeness (QED) is 0.753. The molecule has 0 bridgehead atoms. The molecule has 0 aromatic heterocycles. The highest BCUT2D eigenvalue weighted by Gasteiger charge is 2.48. The third-order valence-corrected chi connectivity index (χ3v) is 5.14. The monoisotopic (exact) mass is 239 g/mol. The number of fused-ring (bicyclic) bond motifs is 1. The predicted octanol–water partition coefficient (Wildman–Crippen LogP) is 3.31. The third kappa shape index (κ3) is 1.30. The first-order chi connectivity index (χ1) is 7.21. The van der Waals surface area contributed by atoms with Crippen molar-refractivity contribution in [3.05, 3.63) is 23.2 Å². The van der Waals surface area contributed by atoms with Crippen molar-refractivity contribution in [2.75, 3.05) is 5.32 Å². The fourth-order valence-corrected chi connectivity index (χ4v) is 3.73. The van der Waals surface area contributed by atoms with Crippen LogP contribution in [0.3, 0.4) is 0 Å². The van der Waals surface area contributed by atoms with Gasteiger partial charge < -0.3 is 5.32 Å². The molecule has 4 heteroatoms. The largest absolute Gasteiger partial charge is 0.324 e. The highest BCUT2D eigenvalue weighted by atomic mass is 35.5. The molecule has 0 unspecified atom stereocenters. The van der Waals surface area contributed by atoms with E-state index in [1.54, 1.807) is 11.8 Å². The molecular formula is C11H10ClNOS. The lowest BCUT2D eigenvalue weighted by atomic mass is 9.83. The number of rotatable bonds is 0. The van der Waals surface area contributed by atoms with E-state index in [0.717, 1.165) is 34.9 Å². The van der Waals surface area contributed by atoms with Crippen molar-refractivity contribution in [2.45, 2.75) is 28.9 Å². The van der Waals surface area contributed by atoms with E-state index in [2.05, 4.69) is 5.32 Å². The Kier molecular flexibility index (Phi) is 2.01. The summed E-state index contributed by atoms with van der Waals surface area (Å²) in [5.41, 5.74) is 0.857. The van der Waals surface area contributed by atoms with Gasteiger partial charge in [0.05, 0.1) is 20.4 Å². The summed E-state index contributed by atoms with van der Waals surface area (Å²) in [4.78, 5) is 12.9. The van der Waals surface area contributed by atoms with Gasteiger partial charge in [0.1, 0.15) is 0 Å². The predicted molar refractivity (Wildman–Crippen MR) is 62.5 cm³/mol. The molecular weight excluding hydrogens is 230 g/mol. The number of halogens is 1. The van der Waals surface area contributed by atoms with E-state index >= 15 is 0 Å². The average molecular weight is 240 g/mol. The molecule has 1 heterocycles. The van der Waals surface area contributed by atoms with Crippen molar-refractivity contribution in [1.29, 1.82) is 0 Å². The minimum absolute atomic E-state index is 0.147. The van der Waals surface area contributed by atoms with Gasteiger partial charge in [0.2, 0.25) is 5.91 Å². The van der Waals surface area contributed by atoms with Crippen molar-refractivity contribution in [3.63, 3.8) is 0 Å². The molecule has 2 nitrogen and oxygen atoms in total. The van der Waals surface area contributed by atoms with Crippen LogP contribution in [0, 0.1) is 0 Å². The maximum atomic E-state index is 11.9. The number of carbonyl (C=O) groups is 1. The number of hydrogen-bond acceptors (Lipinski definition) is 2. The maximum Gasteiger partial charge on any atom is 0.241 e. The van der Waals surface area contributed by atoms with Gasteiger partial charge in [-0.15, -0.1) is 11.8 Å². The summed E-state index contributed by atoms with van der Waals surface area (Å²) in [7, 11) is 0. The fraction of sp³-hybridized carbons (Fsp3) is 0.364. The molecule has 1 fully saturated rings. The van der Waals surface area contributed by atoms with Crippen LogP contribution in [0.4, 0.5) is 5.69 Å². The van der Waals surface area contributed by atoms with Gasteiger partial charge >= 0.3 is 0 Å². The zero-order valence-corrected chi connectivity index (χ0v) is 9.62. The Balaban J connectivity index is 2.07. The molecule has 3 rings (SSSR count). The molecule has 1 aromatic rings. The average Bonchev–Trinajstić information content (AvgIpc) is 2.15. The number of anilines is 1. The summed E-state index contributed by atoms with van der Waals surface area (Å²) in [5.74, 6) is 0.147. The molecule has 1 saturated carbocycles. The van der Waals surface area contributed by atoms with E-state index in [0.29, 0.717) is 0 Å². The van der Waals surface area contributed by atoms with Crippen molar-refractivity contribution in [1.82, 2.24) is 0 Å². The number of amides is 1. The number of carbonyl (C=O) groups excluding carboxylic acids is 1. The molecule has 0 saturated heterocycles. The van der Waals surface area contributed by atoms with Crippen molar-refractivity contribution < 1.29 is 4.79 Å². The highest BCUT2D eigenvalue weighted by molar-refractivity contribution is 8.02. The summed E-state index contributed by atoms with van der Waals surface area (Å²) in [5, 5.41) is 3.69. The SMILES string of the molecule is O=C1Nc2cccc(Cl)c2SC12CCC2. The number of thioether (sulfide) groups is 1. The topological polar surface area (TPSA) is 29.1 Å². The lowest BCUT2D eigenvalue weighted by molar-refractivity contribution is -0.120. The summed E-state index contributed by atoms with van der Waals surface area (Å²) in [6.45, 7) is 0. The van der Waals surface area contributed by atoms with Gasteiger partial charge in [-0.05, 0) is 31.4 Å². The highest BCUT2D eigenvalue weighted by Crippen LogP contribution is 2.54. The number of nitrogens with one attached hydrogen (secondary N) is 1. The summed E-state index contributed by atoms with van der Waals surface area (Å²) in [6.07, 6.45) is 3.07. The van der Waals surface area contributed by atoms with Crippen molar-refractivity contribution in [3.8, 4) is 0 Å². The molecule has 15 heavy (non-hydrogen) atoms. The Labute approximate surface area is 97.4 Å². The van der Waals surface area contributed by atoms with Crippen LogP contribution in [0.2, 0.25) is 5.02 Å². The van der Waals surface area contributed by atoms with Crippen LogP contribution in [-0.4, -0.2) is 10.7 Å². The number of benzene rings is 1. The van der Waals surface area contributed by atoms with E-state index in [9.17, 15) is 4.79 Å². The number of hydrogen-bond donors (Lipinski definition) is 1. The molecule has 0 atom stereocenters. The summed E-state index contributed by atoms with van der Waals surface area (Å²) >= 11 is 7.76. The van der Waals surface area contributed by atoms with Gasteiger partial charge in [-0.1, -0.05) is 17.7 Å². The fourth-order valence-electron chi connectivity index (χ4n) is 2.02. The summed E-state index contributed by atoms with van der Waals surface area (Å²) < 4.78 is -0.224. The van der Waals surface area contributed by atoms with Gasteiger partial charge in [0, 0.05) is 0 Å². The molecule has 1 aliphatic carbocycles. The van der Waals surface area contributed by atoms with Crippen LogP contribution >= 0.6 is 23.4 Å². The van der Waals surface area contributed by atoms with E-state index in [-0.39, 0.29) is 10.7 Å². The first-order valence-corrected chi connectivity index (χ1v) is 6.20. The van der Waals surface area contributed by atoms with E-state index < -0.39 is 0 Å². The van der Waals surface area contributed by atoms with Gasteiger partial charge in [0.25, 0.3) is 0 Å². The zero-order valence-electron chi connectivity index (χ0n) is 8.05. The minimum atomic E-state index is -0.224. The second-order valence-corrected chi connectivity index (χ2v) is 5.82. The Morgan fingerprint density at radius 3 is 2.87 bits per heavy atom. The Morgan fingerprint density at radius 1 is 1.40 bits per heavy atom. The van der Waals surface area contributed by atoms with Gasteiger partial charge in [-0.2, -0.15) is 0 Å². The maximum absolute atomic E-state index is 11.9. The smallest absolute Gasteiger partial charge is 0.241 e. The van der Waals surface area contributed by atoms with E-state index in [1.165, 1.54) is 0 Å². The van der Waals surface area contributed by atoms with E-state index in [4.69, 9.17) is 11.6 Å². The van der Waals surface area contributed by atoms with Crippen LogP contribution < -0.4 is 5.32 Å². The first kappa shape index (κ1) is 9.55. The van der Waals surface area contributed by atoms with E-state index in [1.807, 2.05) is 18.2 Å². The lowest BCUT2D eigenvalue weighted by Gasteiger charge is -2.42. The van der Waals surface area contributed by atoms with Crippen molar-refractivity contribution >= 4 is 35.0 Å². The molecule has 2 aliphatic rings. The molecule has 1 spiro atoms.